The monoisotopic (exact) mass is 418 g/mol. The first-order valence-electron chi connectivity index (χ1n) is 9.40. The molecule has 0 bridgehead atoms. The lowest BCUT2D eigenvalue weighted by atomic mass is 9.96. The fraction of sp³-hybridized carbons (Fsp3) is 0.130. The minimum Gasteiger partial charge on any atom is -0.337 e. The highest BCUT2D eigenvalue weighted by Gasteiger charge is 2.24. The molecule has 0 radical (unpaired) electrons. The third kappa shape index (κ3) is 3.95. The molecule has 0 saturated carbocycles. The van der Waals surface area contributed by atoms with E-state index in [2.05, 4.69) is 20.4 Å². The number of hydrogen-bond donors (Lipinski definition) is 1. The topological polar surface area (TPSA) is 80.9 Å². The Morgan fingerprint density at radius 2 is 1.80 bits per heavy atom. The van der Waals surface area contributed by atoms with Crippen molar-refractivity contribution in [2.45, 2.75) is 20.3 Å². The predicted molar refractivity (Wildman–Crippen MR) is 116 cm³/mol. The first-order valence-corrected chi connectivity index (χ1v) is 9.78. The average molecular weight is 419 g/mol. The molecule has 0 aliphatic carbocycles. The second-order valence-electron chi connectivity index (χ2n) is 6.91. The van der Waals surface area contributed by atoms with E-state index in [1.807, 2.05) is 50.2 Å². The Balaban J connectivity index is 1.75. The normalized spacial score (nSPS) is 10.8. The van der Waals surface area contributed by atoms with Crippen LogP contribution in [0, 0.1) is 13.8 Å². The second-order valence-corrected chi connectivity index (χ2v) is 7.32. The van der Waals surface area contributed by atoms with Crippen LogP contribution in [-0.2, 0) is 11.2 Å². The van der Waals surface area contributed by atoms with Crippen LogP contribution in [0.5, 0.6) is 0 Å². The molecule has 2 heterocycles. The number of nitrogens with zero attached hydrogens (tertiary/aromatic N) is 3. The lowest BCUT2D eigenvalue weighted by Gasteiger charge is -2.09. The molecule has 0 aliphatic heterocycles. The van der Waals surface area contributed by atoms with Gasteiger partial charge in [0.05, 0.1) is 17.7 Å². The van der Waals surface area contributed by atoms with Crippen molar-refractivity contribution in [3.8, 4) is 22.5 Å². The Morgan fingerprint density at radius 3 is 2.50 bits per heavy atom. The maximum absolute atomic E-state index is 12.7. The van der Waals surface area contributed by atoms with Crippen LogP contribution >= 0.6 is 11.6 Å². The fourth-order valence-electron chi connectivity index (χ4n) is 3.40. The molecule has 0 aliphatic rings. The molecular formula is C23H19ClN4O2. The van der Waals surface area contributed by atoms with E-state index in [1.165, 1.54) is 6.33 Å². The lowest BCUT2D eigenvalue weighted by Crippen LogP contribution is -2.14. The molecule has 1 amide bonds. The maximum atomic E-state index is 12.7. The highest BCUT2D eigenvalue weighted by molar-refractivity contribution is 6.31. The summed E-state index contributed by atoms with van der Waals surface area (Å²) in [4.78, 5) is 21.0. The van der Waals surface area contributed by atoms with Crippen LogP contribution in [0.1, 0.15) is 16.7 Å². The standard InChI is InChI=1S/C23H19ClN4O2/c1-14-6-5-7-15(2)20(14)22-21(18-10-11-25-13-26-18)23(30-28-22)27-19(29)12-16-8-3-4-9-17(16)24/h3-11,13H,12H2,1-2H3,(H,27,29). The second kappa shape index (κ2) is 8.47. The summed E-state index contributed by atoms with van der Waals surface area (Å²) in [6, 6.07) is 15.0. The van der Waals surface area contributed by atoms with Gasteiger partial charge in [-0.3, -0.25) is 10.1 Å². The first-order chi connectivity index (χ1) is 14.5. The molecule has 6 nitrogen and oxygen atoms in total. The molecule has 0 spiro atoms. The summed E-state index contributed by atoms with van der Waals surface area (Å²) >= 11 is 6.18. The Kier molecular flexibility index (Phi) is 5.59. The van der Waals surface area contributed by atoms with Crippen LogP contribution in [0.4, 0.5) is 5.88 Å². The van der Waals surface area contributed by atoms with Gasteiger partial charge in [0.25, 0.3) is 0 Å². The third-order valence-corrected chi connectivity index (χ3v) is 5.18. The Labute approximate surface area is 178 Å². The number of rotatable bonds is 5. The molecule has 1 N–H and O–H groups in total. The number of halogens is 1. The van der Waals surface area contributed by atoms with Gasteiger partial charge in [0.15, 0.2) is 0 Å². The number of hydrogen-bond acceptors (Lipinski definition) is 5. The highest BCUT2D eigenvalue weighted by atomic mass is 35.5. The molecule has 7 heteroatoms. The zero-order valence-electron chi connectivity index (χ0n) is 16.5. The van der Waals surface area contributed by atoms with Crippen molar-refractivity contribution in [3.05, 3.63) is 82.8 Å². The van der Waals surface area contributed by atoms with E-state index in [4.69, 9.17) is 16.1 Å². The Morgan fingerprint density at radius 1 is 1.03 bits per heavy atom. The molecule has 4 aromatic rings. The van der Waals surface area contributed by atoms with Gasteiger partial charge < -0.3 is 4.52 Å². The van der Waals surface area contributed by atoms with Crippen molar-refractivity contribution in [2.24, 2.45) is 0 Å². The minimum absolute atomic E-state index is 0.113. The molecule has 2 aromatic carbocycles. The summed E-state index contributed by atoms with van der Waals surface area (Å²) < 4.78 is 5.58. The number of aromatic nitrogens is 3. The SMILES string of the molecule is Cc1cccc(C)c1-c1noc(NC(=O)Cc2ccccc2Cl)c1-c1ccncn1. The van der Waals surface area contributed by atoms with E-state index in [1.54, 1.807) is 18.3 Å². The number of carbonyl (C=O) groups excluding carboxylic acids is 1. The van der Waals surface area contributed by atoms with Gasteiger partial charge in [-0.05, 0) is 42.7 Å². The van der Waals surface area contributed by atoms with E-state index in [0.29, 0.717) is 22.0 Å². The van der Waals surface area contributed by atoms with E-state index in [0.717, 1.165) is 22.3 Å². The summed E-state index contributed by atoms with van der Waals surface area (Å²) in [6.07, 6.45) is 3.20. The summed E-state index contributed by atoms with van der Waals surface area (Å²) in [5.41, 5.74) is 5.62. The molecule has 2 aromatic heterocycles. The van der Waals surface area contributed by atoms with E-state index >= 15 is 0 Å². The molecule has 30 heavy (non-hydrogen) atoms. The zero-order valence-corrected chi connectivity index (χ0v) is 17.3. The zero-order chi connectivity index (χ0) is 21.1. The number of nitrogens with one attached hydrogen (secondary N) is 1. The molecule has 0 saturated heterocycles. The Hall–Kier alpha value is -3.51. The van der Waals surface area contributed by atoms with Crippen LogP contribution in [-0.4, -0.2) is 21.0 Å². The van der Waals surface area contributed by atoms with Crippen molar-refractivity contribution >= 4 is 23.4 Å². The van der Waals surface area contributed by atoms with Gasteiger partial charge in [-0.2, -0.15) is 0 Å². The van der Waals surface area contributed by atoms with Gasteiger partial charge in [0.2, 0.25) is 11.8 Å². The van der Waals surface area contributed by atoms with Crippen LogP contribution in [0.3, 0.4) is 0 Å². The molecular weight excluding hydrogens is 400 g/mol. The fourth-order valence-corrected chi connectivity index (χ4v) is 3.60. The van der Waals surface area contributed by atoms with Crippen LogP contribution < -0.4 is 5.32 Å². The maximum Gasteiger partial charge on any atom is 0.241 e. The van der Waals surface area contributed by atoms with Crippen molar-refractivity contribution in [2.75, 3.05) is 5.32 Å². The van der Waals surface area contributed by atoms with Crippen LogP contribution in [0.2, 0.25) is 5.02 Å². The van der Waals surface area contributed by atoms with E-state index in [9.17, 15) is 4.79 Å². The van der Waals surface area contributed by atoms with Crippen LogP contribution in [0.15, 0.2) is 65.6 Å². The van der Waals surface area contributed by atoms with E-state index < -0.39 is 0 Å². The van der Waals surface area contributed by atoms with Gasteiger partial charge in [-0.25, -0.2) is 9.97 Å². The highest BCUT2D eigenvalue weighted by Crippen LogP contribution is 2.39. The molecule has 4 rings (SSSR count). The molecule has 0 atom stereocenters. The minimum atomic E-state index is -0.261. The van der Waals surface area contributed by atoms with Gasteiger partial charge >= 0.3 is 0 Å². The summed E-state index contributed by atoms with van der Waals surface area (Å²) in [5.74, 6) is -0.0222. The van der Waals surface area contributed by atoms with Gasteiger partial charge in [-0.15, -0.1) is 0 Å². The van der Waals surface area contributed by atoms with E-state index in [-0.39, 0.29) is 18.2 Å². The van der Waals surface area contributed by atoms with Crippen molar-refractivity contribution in [1.29, 1.82) is 0 Å². The summed E-state index contributed by atoms with van der Waals surface area (Å²) in [7, 11) is 0. The van der Waals surface area contributed by atoms with Gasteiger partial charge in [0, 0.05) is 16.8 Å². The third-order valence-electron chi connectivity index (χ3n) is 4.81. The molecule has 0 unspecified atom stereocenters. The van der Waals surface area contributed by atoms with Gasteiger partial charge in [0.1, 0.15) is 12.0 Å². The predicted octanol–water partition coefficient (Wildman–Crippen LogP) is 5.25. The number of benzene rings is 2. The lowest BCUT2D eigenvalue weighted by molar-refractivity contribution is -0.115. The average Bonchev–Trinajstić information content (AvgIpc) is 3.13. The first kappa shape index (κ1) is 19.8. The summed E-state index contributed by atoms with van der Waals surface area (Å²) in [5, 5.41) is 7.65. The van der Waals surface area contributed by atoms with Crippen molar-refractivity contribution in [3.63, 3.8) is 0 Å². The Bertz CT molecular complexity index is 1180. The van der Waals surface area contributed by atoms with Gasteiger partial charge in [-0.1, -0.05) is 53.2 Å². The smallest absolute Gasteiger partial charge is 0.241 e. The number of carbonyl (C=O) groups is 1. The summed E-state index contributed by atoms with van der Waals surface area (Å²) in [6.45, 7) is 4.02. The molecule has 0 fully saturated rings. The van der Waals surface area contributed by atoms with Crippen molar-refractivity contribution in [1.82, 2.24) is 15.1 Å². The van der Waals surface area contributed by atoms with Crippen LogP contribution in [0.25, 0.3) is 22.5 Å². The largest absolute Gasteiger partial charge is 0.337 e. The number of aryl methyl sites for hydroxylation is 2. The number of anilines is 1. The quantitative estimate of drug-likeness (QED) is 0.478. The number of amides is 1. The molecule has 150 valence electrons. The van der Waals surface area contributed by atoms with Crippen molar-refractivity contribution < 1.29 is 9.32 Å².